The Morgan fingerprint density at radius 2 is 1.78 bits per heavy atom. The third kappa shape index (κ3) is 2.82. The highest BCUT2D eigenvalue weighted by atomic mass is 16.4. The summed E-state index contributed by atoms with van der Waals surface area (Å²) < 4.78 is 1.42. The fourth-order valence-corrected chi connectivity index (χ4v) is 2.18. The van der Waals surface area contributed by atoms with E-state index in [-0.39, 0.29) is 22.7 Å². The van der Waals surface area contributed by atoms with Gasteiger partial charge >= 0.3 is 5.97 Å². The SMILES string of the molecule is O=C(O)c1cccc(-n2cc(C(=O)c3ccccc3O)cn2)c1. The Morgan fingerprint density at radius 1 is 1.00 bits per heavy atom. The average molecular weight is 308 g/mol. The van der Waals surface area contributed by atoms with Gasteiger partial charge in [0.05, 0.1) is 28.6 Å². The number of ketones is 1. The Hall–Kier alpha value is -3.41. The van der Waals surface area contributed by atoms with Crippen LogP contribution in [0.3, 0.4) is 0 Å². The molecule has 114 valence electrons. The first-order chi connectivity index (χ1) is 11.1. The van der Waals surface area contributed by atoms with Gasteiger partial charge in [-0.3, -0.25) is 4.79 Å². The fourth-order valence-electron chi connectivity index (χ4n) is 2.18. The van der Waals surface area contributed by atoms with E-state index in [1.807, 2.05) is 0 Å². The zero-order valence-corrected chi connectivity index (χ0v) is 11.9. The number of hydrogen-bond donors (Lipinski definition) is 2. The van der Waals surface area contributed by atoms with Gasteiger partial charge in [-0.15, -0.1) is 0 Å². The van der Waals surface area contributed by atoms with Gasteiger partial charge in [0, 0.05) is 6.20 Å². The van der Waals surface area contributed by atoms with Gasteiger partial charge in [-0.2, -0.15) is 5.10 Å². The minimum atomic E-state index is -1.04. The minimum Gasteiger partial charge on any atom is -0.507 e. The van der Waals surface area contributed by atoms with E-state index >= 15 is 0 Å². The highest BCUT2D eigenvalue weighted by Gasteiger charge is 2.15. The lowest BCUT2D eigenvalue weighted by Gasteiger charge is -2.03. The molecule has 0 aliphatic carbocycles. The molecule has 0 aliphatic heterocycles. The van der Waals surface area contributed by atoms with Crippen LogP contribution in [0.4, 0.5) is 0 Å². The molecule has 0 radical (unpaired) electrons. The zero-order chi connectivity index (χ0) is 16.4. The van der Waals surface area contributed by atoms with Crippen LogP contribution in [0.1, 0.15) is 26.3 Å². The third-order valence-corrected chi connectivity index (χ3v) is 3.35. The first kappa shape index (κ1) is 14.5. The van der Waals surface area contributed by atoms with E-state index in [2.05, 4.69) is 5.10 Å². The predicted octanol–water partition coefficient (Wildman–Crippen LogP) is 2.51. The first-order valence-electron chi connectivity index (χ1n) is 6.77. The van der Waals surface area contributed by atoms with Crippen molar-refractivity contribution in [3.05, 3.63) is 77.6 Å². The minimum absolute atomic E-state index is 0.0990. The number of hydrogen-bond acceptors (Lipinski definition) is 4. The van der Waals surface area contributed by atoms with Crippen molar-refractivity contribution in [3.63, 3.8) is 0 Å². The smallest absolute Gasteiger partial charge is 0.335 e. The maximum Gasteiger partial charge on any atom is 0.335 e. The van der Waals surface area contributed by atoms with Crippen LogP contribution >= 0.6 is 0 Å². The molecule has 1 heterocycles. The summed E-state index contributed by atoms with van der Waals surface area (Å²) in [4.78, 5) is 23.4. The van der Waals surface area contributed by atoms with Crippen molar-refractivity contribution in [2.24, 2.45) is 0 Å². The molecule has 23 heavy (non-hydrogen) atoms. The van der Waals surface area contributed by atoms with E-state index in [0.717, 1.165) is 0 Å². The van der Waals surface area contributed by atoms with Crippen LogP contribution in [-0.2, 0) is 0 Å². The molecule has 3 rings (SSSR count). The number of aromatic hydroxyl groups is 1. The summed E-state index contributed by atoms with van der Waals surface area (Å²) >= 11 is 0. The average Bonchev–Trinajstić information content (AvgIpc) is 3.05. The Kier molecular flexibility index (Phi) is 3.64. The summed E-state index contributed by atoms with van der Waals surface area (Å²) in [5.41, 5.74) is 1.14. The summed E-state index contributed by atoms with van der Waals surface area (Å²) in [5.74, 6) is -1.49. The Labute approximate surface area is 131 Å². The van der Waals surface area contributed by atoms with E-state index in [0.29, 0.717) is 11.3 Å². The highest BCUT2D eigenvalue weighted by Crippen LogP contribution is 2.20. The second kappa shape index (κ2) is 5.76. The van der Waals surface area contributed by atoms with E-state index in [1.54, 1.807) is 24.3 Å². The summed E-state index contributed by atoms with van der Waals surface area (Å²) in [6.45, 7) is 0. The lowest BCUT2D eigenvalue weighted by atomic mass is 10.1. The predicted molar refractivity (Wildman–Crippen MR) is 82.1 cm³/mol. The Bertz CT molecular complexity index is 899. The number of aromatic nitrogens is 2. The van der Waals surface area contributed by atoms with Crippen molar-refractivity contribution in [1.29, 1.82) is 0 Å². The maximum atomic E-state index is 12.4. The molecule has 0 fully saturated rings. The molecule has 2 aromatic carbocycles. The molecule has 0 saturated carbocycles. The Morgan fingerprint density at radius 3 is 2.52 bits per heavy atom. The zero-order valence-electron chi connectivity index (χ0n) is 11.9. The fraction of sp³-hybridized carbons (Fsp3) is 0. The molecule has 0 spiro atoms. The van der Waals surface area contributed by atoms with Crippen molar-refractivity contribution in [3.8, 4) is 11.4 Å². The molecule has 0 aliphatic rings. The van der Waals surface area contributed by atoms with E-state index in [9.17, 15) is 14.7 Å². The molecule has 1 aromatic heterocycles. The molecular weight excluding hydrogens is 296 g/mol. The number of carbonyl (C=O) groups excluding carboxylic acids is 1. The number of rotatable bonds is 4. The van der Waals surface area contributed by atoms with Gasteiger partial charge < -0.3 is 10.2 Å². The monoisotopic (exact) mass is 308 g/mol. The number of carboxylic acids is 1. The second-order valence-electron chi connectivity index (χ2n) is 4.88. The van der Waals surface area contributed by atoms with Crippen molar-refractivity contribution in [2.75, 3.05) is 0 Å². The van der Waals surface area contributed by atoms with Crippen molar-refractivity contribution in [2.45, 2.75) is 0 Å². The number of aromatic carboxylic acids is 1. The lowest BCUT2D eigenvalue weighted by molar-refractivity contribution is 0.0696. The van der Waals surface area contributed by atoms with Crippen LogP contribution in [0.2, 0.25) is 0 Å². The first-order valence-corrected chi connectivity index (χ1v) is 6.77. The Balaban J connectivity index is 1.95. The molecule has 0 atom stereocenters. The van der Waals surface area contributed by atoms with Crippen LogP contribution in [-0.4, -0.2) is 31.7 Å². The number of phenols is 1. The second-order valence-corrected chi connectivity index (χ2v) is 4.88. The van der Waals surface area contributed by atoms with Crippen LogP contribution in [0.25, 0.3) is 5.69 Å². The summed E-state index contributed by atoms with van der Waals surface area (Å²) in [6, 6.07) is 12.5. The summed E-state index contributed by atoms with van der Waals surface area (Å²) in [5, 5.41) is 22.9. The van der Waals surface area contributed by atoms with Crippen molar-refractivity contribution in [1.82, 2.24) is 9.78 Å². The van der Waals surface area contributed by atoms with E-state index in [4.69, 9.17) is 5.11 Å². The van der Waals surface area contributed by atoms with E-state index in [1.165, 1.54) is 41.3 Å². The number of carboxylic acid groups (broad SMARTS) is 1. The summed E-state index contributed by atoms with van der Waals surface area (Å²) in [6.07, 6.45) is 2.87. The summed E-state index contributed by atoms with van der Waals surface area (Å²) in [7, 11) is 0. The number of nitrogens with zero attached hydrogens (tertiary/aromatic N) is 2. The van der Waals surface area contributed by atoms with Gasteiger partial charge in [-0.05, 0) is 30.3 Å². The standard InChI is InChI=1S/C17H12N2O4/c20-15-7-2-1-6-14(15)16(21)12-9-18-19(10-12)13-5-3-4-11(8-13)17(22)23/h1-10,20H,(H,22,23). The van der Waals surface area contributed by atoms with Crippen LogP contribution in [0, 0.1) is 0 Å². The van der Waals surface area contributed by atoms with Crippen molar-refractivity contribution < 1.29 is 19.8 Å². The molecule has 0 unspecified atom stereocenters. The third-order valence-electron chi connectivity index (χ3n) is 3.35. The molecule has 6 nitrogen and oxygen atoms in total. The van der Waals surface area contributed by atoms with Crippen LogP contribution in [0.15, 0.2) is 60.9 Å². The number of carbonyl (C=O) groups is 2. The lowest BCUT2D eigenvalue weighted by Crippen LogP contribution is -2.01. The van der Waals surface area contributed by atoms with Gasteiger partial charge in [0.25, 0.3) is 0 Å². The molecule has 6 heteroatoms. The normalized spacial score (nSPS) is 10.4. The number of para-hydroxylation sites is 1. The molecule has 0 saturated heterocycles. The maximum absolute atomic E-state index is 12.4. The van der Waals surface area contributed by atoms with Crippen LogP contribution in [0.5, 0.6) is 5.75 Å². The van der Waals surface area contributed by atoms with Gasteiger partial charge in [0.1, 0.15) is 5.75 Å². The van der Waals surface area contributed by atoms with Gasteiger partial charge in [0.2, 0.25) is 0 Å². The van der Waals surface area contributed by atoms with Gasteiger partial charge in [0.15, 0.2) is 5.78 Å². The topological polar surface area (TPSA) is 92.4 Å². The highest BCUT2D eigenvalue weighted by molar-refractivity contribution is 6.10. The van der Waals surface area contributed by atoms with Crippen LogP contribution < -0.4 is 0 Å². The molecular formula is C17H12N2O4. The molecule has 3 aromatic rings. The molecule has 0 amide bonds. The van der Waals surface area contributed by atoms with E-state index < -0.39 is 5.97 Å². The quantitative estimate of drug-likeness (QED) is 0.722. The molecule has 2 N–H and O–H groups in total. The number of benzene rings is 2. The van der Waals surface area contributed by atoms with Crippen molar-refractivity contribution >= 4 is 11.8 Å². The van der Waals surface area contributed by atoms with Gasteiger partial charge in [-0.25, -0.2) is 9.48 Å². The van der Waals surface area contributed by atoms with Gasteiger partial charge in [-0.1, -0.05) is 18.2 Å². The number of phenolic OH excluding ortho intramolecular Hbond substituents is 1. The molecule has 0 bridgehead atoms. The largest absolute Gasteiger partial charge is 0.507 e.